The molecule has 3 heteroatoms. The number of nitrogens with two attached hydrogens (primary N) is 1. The number of nitrogens with zero attached hydrogens (tertiary/aromatic N) is 1. The monoisotopic (exact) mass is 284 g/mol. The molecule has 3 nitrogen and oxygen atoms in total. The van der Waals surface area contributed by atoms with Crippen LogP contribution in [0.25, 0.3) is 0 Å². The van der Waals surface area contributed by atoms with Crippen LogP contribution < -0.4 is 10.5 Å². The van der Waals surface area contributed by atoms with Gasteiger partial charge in [-0.25, -0.2) is 0 Å². The van der Waals surface area contributed by atoms with Crippen LogP contribution in [-0.2, 0) is 13.1 Å². The van der Waals surface area contributed by atoms with Crippen molar-refractivity contribution in [1.29, 1.82) is 0 Å². The van der Waals surface area contributed by atoms with Crippen LogP contribution >= 0.6 is 0 Å². The van der Waals surface area contributed by atoms with E-state index in [9.17, 15) is 0 Å². The normalized spacial score (nSPS) is 10.8. The van der Waals surface area contributed by atoms with E-state index in [2.05, 4.69) is 36.2 Å². The third-order valence-corrected chi connectivity index (χ3v) is 3.43. The summed E-state index contributed by atoms with van der Waals surface area (Å²) in [5, 5.41) is 0. The van der Waals surface area contributed by atoms with Crippen LogP contribution in [0, 0.1) is 0 Å². The summed E-state index contributed by atoms with van der Waals surface area (Å²) in [6, 6.07) is 18.5. The molecule has 0 radical (unpaired) electrons. The van der Waals surface area contributed by atoms with E-state index >= 15 is 0 Å². The summed E-state index contributed by atoms with van der Waals surface area (Å²) in [7, 11) is 2.14. The smallest absolute Gasteiger partial charge is 0.123 e. The van der Waals surface area contributed by atoms with Crippen LogP contribution in [0.2, 0.25) is 0 Å². The zero-order valence-corrected chi connectivity index (χ0v) is 12.7. The molecule has 2 aromatic carbocycles. The van der Waals surface area contributed by atoms with Crippen LogP contribution in [0.4, 0.5) is 0 Å². The Bertz CT molecular complexity index is 528. The number of hydrogen-bond donors (Lipinski definition) is 1. The molecule has 0 heterocycles. The fourth-order valence-corrected chi connectivity index (χ4v) is 2.30. The second kappa shape index (κ2) is 8.45. The number of benzene rings is 2. The molecule has 0 aromatic heterocycles. The largest absolute Gasteiger partial charge is 0.493 e. The molecule has 0 unspecified atom stereocenters. The minimum Gasteiger partial charge on any atom is -0.493 e. The van der Waals surface area contributed by atoms with E-state index < -0.39 is 0 Å². The first-order chi connectivity index (χ1) is 10.3. The minimum absolute atomic E-state index is 0.518. The third kappa shape index (κ3) is 5.21. The molecule has 0 aliphatic rings. The average molecular weight is 284 g/mol. The number of hydrogen-bond acceptors (Lipinski definition) is 3. The molecule has 2 aromatic rings. The summed E-state index contributed by atoms with van der Waals surface area (Å²) < 4.78 is 5.82. The Labute approximate surface area is 127 Å². The molecular formula is C18H24N2O. The average Bonchev–Trinajstić information content (AvgIpc) is 2.53. The Hall–Kier alpha value is -1.84. The van der Waals surface area contributed by atoms with Gasteiger partial charge in [-0.05, 0) is 25.1 Å². The third-order valence-electron chi connectivity index (χ3n) is 3.43. The maximum atomic E-state index is 5.82. The number of rotatable bonds is 8. The molecule has 0 aliphatic heterocycles. The molecule has 0 atom stereocenters. The van der Waals surface area contributed by atoms with Crippen molar-refractivity contribution in [3.05, 3.63) is 65.7 Å². The highest BCUT2D eigenvalue weighted by Crippen LogP contribution is 2.17. The minimum atomic E-state index is 0.518. The van der Waals surface area contributed by atoms with E-state index in [1.54, 1.807) is 0 Å². The maximum Gasteiger partial charge on any atom is 0.123 e. The molecule has 112 valence electrons. The standard InChI is InChI=1S/C18H24N2O/c1-20(15-16-8-3-2-4-9-16)12-7-13-21-18-11-6-5-10-17(18)14-19/h2-6,8-11H,7,12-15,19H2,1H3. The summed E-state index contributed by atoms with van der Waals surface area (Å²) in [5.41, 5.74) is 8.11. The predicted octanol–water partition coefficient (Wildman–Crippen LogP) is 3.05. The van der Waals surface area contributed by atoms with Crippen molar-refractivity contribution < 1.29 is 4.74 Å². The van der Waals surface area contributed by atoms with Crippen molar-refractivity contribution in [3.8, 4) is 5.75 Å². The summed E-state index contributed by atoms with van der Waals surface area (Å²) in [5.74, 6) is 0.908. The maximum absolute atomic E-state index is 5.82. The van der Waals surface area contributed by atoms with Crippen molar-refractivity contribution in [3.63, 3.8) is 0 Å². The summed E-state index contributed by atoms with van der Waals surface area (Å²) in [6.45, 7) is 3.22. The lowest BCUT2D eigenvalue weighted by atomic mass is 10.2. The van der Waals surface area contributed by atoms with E-state index in [0.717, 1.165) is 37.4 Å². The van der Waals surface area contributed by atoms with Crippen LogP contribution in [0.1, 0.15) is 17.5 Å². The SMILES string of the molecule is CN(CCCOc1ccccc1CN)Cc1ccccc1. The molecule has 2 N–H and O–H groups in total. The van der Waals surface area contributed by atoms with Gasteiger partial charge in [0.1, 0.15) is 5.75 Å². The first-order valence-corrected chi connectivity index (χ1v) is 7.43. The molecule has 0 fully saturated rings. The fourth-order valence-electron chi connectivity index (χ4n) is 2.30. The van der Waals surface area contributed by atoms with E-state index in [-0.39, 0.29) is 0 Å². The molecule has 0 saturated carbocycles. The van der Waals surface area contributed by atoms with Crippen molar-refractivity contribution >= 4 is 0 Å². The zero-order valence-electron chi connectivity index (χ0n) is 12.7. The summed E-state index contributed by atoms with van der Waals surface area (Å²) in [6.07, 6.45) is 1.00. The Balaban J connectivity index is 1.70. The molecule has 2 rings (SSSR count). The Morgan fingerprint density at radius 1 is 1.00 bits per heavy atom. The van der Waals surface area contributed by atoms with Gasteiger partial charge in [0, 0.05) is 25.2 Å². The first kappa shape index (κ1) is 15.5. The van der Waals surface area contributed by atoms with Crippen molar-refractivity contribution in [1.82, 2.24) is 4.90 Å². The fraction of sp³-hybridized carbons (Fsp3) is 0.333. The number of para-hydroxylation sites is 1. The van der Waals surface area contributed by atoms with Crippen molar-refractivity contribution in [2.24, 2.45) is 5.73 Å². The Kier molecular flexibility index (Phi) is 6.25. The van der Waals surface area contributed by atoms with Crippen molar-refractivity contribution in [2.75, 3.05) is 20.2 Å². The van der Waals surface area contributed by atoms with Gasteiger partial charge in [-0.2, -0.15) is 0 Å². The van der Waals surface area contributed by atoms with Crippen LogP contribution in [0.3, 0.4) is 0 Å². The molecular weight excluding hydrogens is 260 g/mol. The quantitative estimate of drug-likeness (QED) is 0.757. The summed E-state index contributed by atoms with van der Waals surface area (Å²) >= 11 is 0. The van der Waals surface area contributed by atoms with Gasteiger partial charge < -0.3 is 15.4 Å². The van der Waals surface area contributed by atoms with Crippen LogP contribution in [0.5, 0.6) is 5.75 Å². The molecule has 0 amide bonds. The molecule has 0 bridgehead atoms. The zero-order chi connectivity index (χ0) is 14.9. The number of ether oxygens (including phenoxy) is 1. The van der Waals surface area contributed by atoms with Gasteiger partial charge in [0.15, 0.2) is 0 Å². The van der Waals surface area contributed by atoms with Gasteiger partial charge in [-0.15, -0.1) is 0 Å². The van der Waals surface area contributed by atoms with Gasteiger partial charge in [0.05, 0.1) is 6.61 Å². The molecule has 0 spiro atoms. The molecule has 0 saturated heterocycles. The Morgan fingerprint density at radius 2 is 1.71 bits per heavy atom. The molecule has 0 aliphatic carbocycles. The summed E-state index contributed by atoms with van der Waals surface area (Å²) in [4.78, 5) is 2.31. The highest BCUT2D eigenvalue weighted by molar-refractivity contribution is 5.32. The first-order valence-electron chi connectivity index (χ1n) is 7.43. The molecule has 21 heavy (non-hydrogen) atoms. The van der Waals surface area contributed by atoms with E-state index in [1.807, 2.05) is 30.3 Å². The van der Waals surface area contributed by atoms with Gasteiger partial charge in [0.2, 0.25) is 0 Å². The van der Waals surface area contributed by atoms with Gasteiger partial charge >= 0.3 is 0 Å². The topological polar surface area (TPSA) is 38.5 Å². The van der Waals surface area contributed by atoms with Gasteiger partial charge in [-0.3, -0.25) is 0 Å². The Morgan fingerprint density at radius 3 is 2.48 bits per heavy atom. The van der Waals surface area contributed by atoms with Crippen LogP contribution in [-0.4, -0.2) is 25.1 Å². The van der Waals surface area contributed by atoms with Gasteiger partial charge in [0.25, 0.3) is 0 Å². The second-order valence-corrected chi connectivity index (χ2v) is 5.24. The second-order valence-electron chi connectivity index (χ2n) is 5.24. The van der Waals surface area contributed by atoms with E-state index in [4.69, 9.17) is 10.5 Å². The lowest BCUT2D eigenvalue weighted by Crippen LogP contribution is -2.20. The van der Waals surface area contributed by atoms with Crippen LogP contribution in [0.15, 0.2) is 54.6 Å². The predicted molar refractivity (Wildman–Crippen MR) is 87.2 cm³/mol. The van der Waals surface area contributed by atoms with Gasteiger partial charge in [-0.1, -0.05) is 48.5 Å². The van der Waals surface area contributed by atoms with Crippen molar-refractivity contribution in [2.45, 2.75) is 19.5 Å². The van der Waals surface area contributed by atoms with E-state index in [1.165, 1.54) is 5.56 Å². The van der Waals surface area contributed by atoms with E-state index in [0.29, 0.717) is 6.54 Å². The highest BCUT2D eigenvalue weighted by atomic mass is 16.5. The lowest BCUT2D eigenvalue weighted by molar-refractivity contribution is 0.257. The highest BCUT2D eigenvalue weighted by Gasteiger charge is 2.02. The lowest BCUT2D eigenvalue weighted by Gasteiger charge is -2.17.